The summed E-state index contributed by atoms with van der Waals surface area (Å²) >= 11 is 7.21. The van der Waals surface area contributed by atoms with Crippen LogP contribution in [0.4, 0.5) is 13.2 Å². The number of carbonyl (C=O) groups excluding carboxylic acids is 2. The molecule has 1 aliphatic carbocycles. The van der Waals surface area contributed by atoms with Gasteiger partial charge in [0.25, 0.3) is 0 Å². The minimum absolute atomic E-state index is 0.0415. The monoisotopic (exact) mass is 497 g/mol. The summed E-state index contributed by atoms with van der Waals surface area (Å²) in [7, 11) is 0. The van der Waals surface area contributed by atoms with Gasteiger partial charge < -0.3 is 0 Å². The van der Waals surface area contributed by atoms with Crippen LogP contribution in [-0.4, -0.2) is 22.3 Å². The highest BCUT2D eigenvalue weighted by atomic mass is 35.5. The number of rotatable bonds is 7. The van der Waals surface area contributed by atoms with Crippen molar-refractivity contribution < 1.29 is 22.8 Å². The summed E-state index contributed by atoms with van der Waals surface area (Å²) in [6.45, 7) is 6.10. The largest absolute Gasteiger partial charge is 0.417 e. The molecule has 0 spiro atoms. The molecule has 0 saturated heterocycles. The van der Waals surface area contributed by atoms with Crippen molar-refractivity contribution in [3.05, 3.63) is 57.2 Å². The minimum atomic E-state index is -4.49. The molecule has 0 unspecified atom stereocenters. The Hall–Kier alpha value is -1.86. The van der Waals surface area contributed by atoms with Crippen LogP contribution in [0.2, 0.25) is 5.02 Å². The van der Waals surface area contributed by atoms with Crippen LogP contribution >= 0.6 is 23.4 Å². The number of Topliss-reactive ketones (excluding diaryl/α,β-unsaturated/α-hetero) is 2. The van der Waals surface area contributed by atoms with E-state index >= 15 is 0 Å². The molecule has 0 bridgehead atoms. The predicted molar refractivity (Wildman–Crippen MR) is 125 cm³/mol. The zero-order valence-corrected chi connectivity index (χ0v) is 20.5. The molecular weight excluding hydrogens is 471 g/mol. The van der Waals surface area contributed by atoms with E-state index in [0.717, 1.165) is 47.4 Å². The van der Waals surface area contributed by atoms with Crippen molar-refractivity contribution >= 4 is 34.9 Å². The van der Waals surface area contributed by atoms with Gasteiger partial charge in [-0.3, -0.25) is 9.59 Å². The molecule has 1 saturated carbocycles. The molecule has 2 aromatic rings. The smallest absolute Gasteiger partial charge is 0.299 e. The number of pyridine rings is 1. The molecule has 1 fully saturated rings. The number of hydrogen-bond donors (Lipinski definition) is 0. The second-order valence-corrected chi connectivity index (χ2v) is 9.98. The zero-order valence-electron chi connectivity index (χ0n) is 18.9. The summed E-state index contributed by atoms with van der Waals surface area (Å²) in [6.07, 6.45) is -0.958. The molecule has 0 radical (unpaired) electrons. The summed E-state index contributed by atoms with van der Waals surface area (Å²) in [4.78, 5) is 30.0. The van der Waals surface area contributed by atoms with Crippen LogP contribution in [0.3, 0.4) is 0 Å². The lowest BCUT2D eigenvalue weighted by atomic mass is 9.73. The average Bonchev–Trinajstić information content (AvgIpc) is 2.74. The number of aromatic nitrogens is 1. The van der Waals surface area contributed by atoms with Crippen LogP contribution in [0.15, 0.2) is 29.4 Å². The van der Waals surface area contributed by atoms with E-state index < -0.39 is 17.7 Å². The van der Waals surface area contributed by atoms with Gasteiger partial charge in [0.2, 0.25) is 0 Å². The summed E-state index contributed by atoms with van der Waals surface area (Å²) in [5.41, 5.74) is 3.27. The second kappa shape index (κ2) is 10.6. The Bertz CT molecular complexity index is 1010. The van der Waals surface area contributed by atoms with E-state index in [1.165, 1.54) is 11.8 Å². The lowest BCUT2D eigenvalue weighted by Crippen LogP contribution is -2.33. The van der Waals surface area contributed by atoms with E-state index in [9.17, 15) is 22.8 Å². The second-order valence-electron chi connectivity index (χ2n) is 8.49. The van der Waals surface area contributed by atoms with E-state index in [1.807, 2.05) is 20.8 Å². The quantitative estimate of drug-likeness (QED) is 0.305. The fourth-order valence-electron chi connectivity index (χ4n) is 4.50. The molecule has 1 heterocycles. The lowest BCUT2D eigenvalue weighted by Gasteiger charge is -2.29. The number of aryl methyl sites for hydroxylation is 3. The highest BCUT2D eigenvalue weighted by Gasteiger charge is 2.38. The maximum atomic E-state index is 13.1. The molecule has 3 rings (SSSR count). The van der Waals surface area contributed by atoms with Crippen LogP contribution in [0.5, 0.6) is 0 Å². The van der Waals surface area contributed by atoms with Crippen LogP contribution in [0.1, 0.15) is 66.8 Å². The van der Waals surface area contributed by atoms with Gasteiger partial charge in [-0.15, -0.1) is 11.8 Å². The van der Waals surface area contributed by atoms with Gasteiger partial charge >= 0.3 is 6.18 Å². The maximum absolute atomic E-state index is 13.1. The van der Waals surface area contributed by atoms with Gasteiger partial charge in [0.05, 0.1) is 10.6 Å². The molecular formula is C25H27ClF3NO2S. The Labute approximate surface area is 201 Å². The first-order chi connectivity index (χ1) is 15.5. The van der Waals surface area contributed by atoms with Gasteiger partial charge in [0.15, 0.2) is 0 Å². The molecule has 0 N–H and O–H groups in total. The Morgan fingerprint density at radius 2 is 1.64 bits per heavy atom. The molecule has 0 aliphatic heterocycles. The number of ketones is 2. The standard InChI is InChI=1S/C25H27ClF3NO2S/c1-4-16-8-14(3)9-17(5-2)22(16)23-20(31)10-15(11-21(23)32)6-7-33-24-19(26)12-18(13-30-24)25(27,28)29/h8-9,12-13,15,23H,4-7,10-11H2,1-3H3. The fourth-order valence-corrected chi connectivity index (χ4v) is 5.80. The third-order valence-corrected chi connectivity index (χ3v) is 7.51. The highest BCUT2D eigenvalue weighted by Crippen LogP contribution is 2.38. The highest BCUT2D eigenvalue weighted by molar-refractivity contribution is 7.99. The van der Waals surface area contributed by atoms with Crippen molar-refractivity contribution in [2.45, 2.75) is 70.0 Å². The number of thioether (sulfide) groups is 1. The predicted octanol–water partition coefficient (Wildman–Crippen LogP) is 7.00. The van der Waals surface area contributed by atoms with Gasteiger partial charge in [-0.25, -0.2) is 4.98 Å². The number of nitrogens with zero attached hydrogens (tertiary/aromatic N) is 1. The van der Waals surface area contributed by atoms with E-state index in [4.69, 9.17) is 11.6 Å². The van der Waals surface area contributed by atoms with Crippen LogP contribution < -0.4 is 0 Å². The van der Waals surface area contributed by atoms with Gasteiger partial charge in [-0.2, -0.15) is 13.2 Å². The summed E-state index contributed by atoms with van der Waals surface area (Å²) in [5, 5.41) is 0.264. The number of hydrogen-bond acceptors (Lipinski definition) is 4. The van der Waals surface area contributed by atoms with Gasteiger partial charge in [0, 0.05) is 19.0 Å². The first kappa shape index (κ1) is 25.8. The van der Waals surface area contributed by atoms with Crippen molar-refractivity contribution in [2.24, 2.45) is 5.92 Å². The first-order valence-electron chi connectivity index (χ1n) is 11.1. The van der Waals surface area contributed by atoms with Crippen molar-refractivity contribution in [1.29, 1.82) is 0 Å². The molecule has 0 atom stereocenters. The Morgan fingerprint density at radius 3 is 2.12 bits per heavy atom. The lowest BCUT2D eigenvalue weighted by molar-refractivity contribution is -0.138. The fraction of sp³-hybridized carbons (Fsp3) is 0.480. The van der Waals surface area contributed by atoms with Crippen molar-refractivity contribution in [3.63, 3.8) is 0 Å². The van der Waals surface area contributed by atoms with E-state index in [1.54, 1.807) is 0 Å². The molecule has 3 nitrogen and oxygen atoms in total. The zero-order chi connectivity index (χ0) is 24.3. The Balaban J connectivity index is 1.66. The SMILES string of the molecule is CCc1cc(C)cc(CC)c1C1C(=O)CC(CCSc2ncc(C(F)(F)F)cc2Cl)CC1=O. The van der Waals surface area contributed by atoms with E-state index in [-0.39, 0.29) is 22.5 Å². The van der Waals surface area contributed by atoms with Crippen molar-refractivity contribution in [3.8, 4) is 0 Å². The molecule has 1 aliphatic rings. The molecule has 178 valence electrons. The van der Waals surface area contributed by atoms with Crippen LogP contribution in [0.25, 0.3) is 0 Å². The molecule has 33 heavy (non-hydrogen) atoms. The van der Waals surface area contributed by atoms with Crippen molar-refractivity contribution in [2.75, 3.05) is 5.75 Å². The van der Waals surface area contributed by atoms with Gasteiger partial charge in [-0.1, -0.05) is 43.1 Å². The molecule has 8 heteroatoms. The third-order valence-electron chi connectivity index (χ3n) is 6.07. The molecule has 0 amide bonds. The van der Waals surface area contributed by atoms with E-state index in [0.29, 0.717) is 30.0 Å². The summed E-state index contributed by atoms with van der Waals surface area (Å²) in [5.74, 6) is -0.341. The number of benzene rings is 1. The molecule has 1 aromatic heterocycles. The summed E-state index contributed by atoms with van der Waals surface area (Å²) in [6, 6.07) is 5.00. The van der Waals surface area contributed by atoms with Gasteiger partial charge in [-0.05, 0) is 60.6 Å². The van der Waals surface area contributed by atoms with Crippen LogP contribution in [-0.2, 0) is 28.6 Å². The summed E-state index contributed by atoms with van der Waals surface area (Å²) < 4.78 is 38.3. The number of halogens is 4. The number of carbonyl (C=O) groups is 2. The minimum Gasteiger partial charge on any atom is -0.299 e. The maximum Gasteiger partial charge on any atom is 0.417 e. The molecule has 1 aromatic carbocycles. The van der Waals surface area contributed by atoms with E-state index in [2.05, 4.69) is 17.1 Å². The number of alkyl halides is 3. The van der Waals surface area contributed by atoms with Crippen molar-refractivity contribution in [1.82, 2.24) is 4.98 Å². The first-order valence-corrected chi connectivity index (χ1v) is 12.4. The average molecular weight is 498 g/mol. The normalized spacial score (nSPS) is 19.2. The third kappa shape index (κ3) is 5.99. The Morgan fingerprint density at radius 1 is 1.06 bits per heavy atom. The Kier molecular flexibility index (Phi) is 8.27. The van der Waals surface area contributed by atoms with Crippen LogP contribution in [0, 0.1) is 12.8 Å². The van der Waals surface area contributed by atoms with Gasteiger partial charge in [0.1, 0.15) is 22.5 Å². The topological polar surface area (TPSA) is 47.0 Å².